The first-order chi connectivity index (χ1) is 13.2. The second kappa shape index (κ2) is 7.47. The second-order valence-electron chi connectivity index (χ2n) is 5.90. The summed E-state index contributed by atoms with van der Waals surface area (Å²) in [6, 6.07) is 18.7. The highest BCUT2D eigenvalue weighted by molar-refractivity contribution is 6.30. The van der Waals surface area contributed by atoms with Crippen LogP contribution in [-0.4, -0.2) is 20.2 Å². The van der Waals surface area contributed by atoms with Crippen molar-refractivity contribution in [1.29, 1.82) is 0 Å². The van der Waals surface area contributed by atoms with E-state index in [0.29, 0.717) is 16.8 Å². The number of aromatic amines is 1. The number of nitrogens with one attached hydrogen (secondary N) is 2. The molecule has 4 rings (SSSR count). The van der Waals surface area contributed by atoms with Crippen LogP contribution < -0.4 is 10.1 Å². The molecule has 0 aliphatic carbocycles. The number of halogens is 1. The molecule has 134 valence electrons. The molecule has 0 unspecified atom stereocenters. The Bertz CT molecular complexity index is 1060. The van der Waals surface area contributed by atoms with Crippen molar-refractivity contribution in [3.05, 3.63) is 77.6 Å². The molecule has 0 saturated heterocycles. The van der Waals surface area contributed by atoms with Gasteiger partial charge < -0.3 is 10.1 Å². The first-order valence-corrected chi connectivity index (χ1v) is 8.69. The van der Waals surface area contributed by atoms with E-state index < -0.39 is 0 Å². The summed E-state index contributed by atoms with van der Waals surface area (Å²) < 4.78 is 5.83. The van der Waals surface area contributed by atoms with Crippen molar-refractivity contribution >= 4 is 23.2 Å². The zero-order valence-electron chi connectivity index (χ0n) is 14.5. The van der Waals surface area contributed by atoms with Crippen LogP contribution in [0.5, 0.6) is 11.5 Å². The van der Waals surface area contributed by atoms with Crippen molar-refractivity contribution in [3.63, 3.8) is 0 Å². The van der Waals surface area contributed by atoms with Crippen molar-refractivity contribution in [2.24, 2.45) is 0 Å². The van der Waals surface area contributed by atoms with E-state index in [0.717, 1.165) is 28.4 Å². The third kappa shape index (κ3) is 4.24. The zero-order valence-corrected chi connectivity index (χ0v) is 15.2. The Labute approximate surface area is 161 Å². The molecule has 4 aromatic rings. The molecule has 0 aliphatic heterocycles. The molecule has 2 aromatic carbocycles. The van der Waals surface area contributed by atoms with Gasteiger partial charge in [0, 0.05) is 34.2 Å². The van der Waals surface area contributed by atoms with Gasteiger partial charge in [-0.1, -0.05) is 17.7 Å². The van der Waals surface area contributed by atoms with E-state index in [1.54, 1.807) is 6.20 Å². The van der Waals surface area contributed by atoms with E-state index in [1.165, 1.54) is 0 Å². The quantitative estimate of drug-likeness (QED) is 0.489. The first-order valence-electron chi connectivity index (χ1n) is 8.32. The Balaban J connectivity index is 1.47. The predicted octanol–water partition coefficient (Wildman–Crippen LogP) is 5.36. The van der Waals surface area contributed by atoms with Crippen LogP contribution in [0.4, 0.5) is 11.6 Å². The Kier molecular flexibility index (Phi) is 4.72. The monoisotopic (exact) mass is 377 g/mol. The minimum absolute atomic E-state index is 0.472. The lowest BCUT2D eigenvalue weighted by Gasteiger charge is -2.06. The average Bonchev–Trinajstić information content (AvgIpc) is 3.11. The normalized spacial score (nSPS) is 10.6. The molecule has 0 saturated carbocycles. The van der Waals surface area contributed by atoms with Crippen LogP contribution in [0, 0.1) is 6.92 Å². The van der Waals surface area contributed by atoms with Gasteiger partial charge in [-0.15, -0.1) is 5.10 Å². The van der Waals surface area contributed by atoms with Gasteiger partial charge in [-0.2, -0.15) is 4.98 Å². The van der Waals surface area contributed by atoms with E-state index in [4.69, 9.17) is 16.3 Å². The van der Waals surface area contributed by atoms with E-state index in [1.807, 2.05) is 67.6 Å². The molecule has 0 amide bonds. The number of rotatable bonds is 5. The summed E-state index contributed by atoms with van der Waals surface area (Å²) in [5.41, 5.74) is 2.63. The topological polar surface area (TPSA) is 75.7 Å². The lowest BCUT2D eigenvalue weighted by molar-refractivity contribution is 0.481. The summed E-state index contributed by atoms with van der Waals surface area (Å²) in [7, 11) is 0. The predicted molar refractivity (Wildman–Crippen MR) is 106 cm³/mol. The lowest BCUT2D eigenvalue weighted by Crippen LogP contribution is -1.92. The Morgan fingerprint density at radius 2 is 1.85 bits per heavy atom. The van der Waals surface area contributed by atoms with Gasteiger partial charge in [0.15, 0.2) is 5.82 Å². The van der Waals surface area contributed by atoms with Gasteiger partial charge in [0.2, 0.25) is 5.95 Å². The van der Waals surface area contributed by atoms with Crippen LogP contribution in [0.2, 0.25) is 5.02 Å². The maximum absolute atomic E-state index is 5.99. The van der Waals surface area contributed by atoms with Crippen LogP contribution in [-0.2, 0) is 0 Å². The van der Waals surface area contributed by atoms with Gasteiger partial charge in [0.25, 0.3) is 0 Å². The molecule has 0 bridgehead atoms. The largest absolute Gasteiger partial charge is 0.457 e. The molecule has 0 atom stereocenters. The zero-order chi connectivity index (χ0) is 18.6. The SMILES string of the molecule is Cc1cc(Oc2ccc(-c3nc(Nc4cccc(Cl)c4)n[nH]3)cc2)ccn1. The van der Waals surface area contributed by atoms with Gasteiger partial charge in [0.1, 0.15) is 11.5 Å². The molecule has 6 nitrogen and oxygen atoms in total. The van der Waals surface area contributed by atoms with Crippen molar-refractivity contribution in [3.8, 4) is 22.9 Å². The minimum Gasteiger partial charge on any atom is -0.457 e. The standard InChI is InChI=1S/C20H16ClN5O/c1-13-11-18(9-10-22-13)27-17-7-5-14(6-8-17)19-24-20(26-25-19)23-16-4-2-3-15(21)12-16/h2-12H,1H3,(H2,23,24,25,26). The van der Waals surface area contributed by atoms with Gasteiger partial charge in [-0.25, -0.2) is 0 Å². The van der Waals surface area contributed by atoms with Gasteiger partial charge in [0.05, 0.1) is 0 Å². The van der Waals surface area contributed by atoms with Gasteiger partial charge in [-0.05, 0) is 55.5 Å². The maximum Gasteiger partial charge on any atom is 0.246 e. The third-order valence-electron chi connectivity index (χ3n) is 3.80. The number of pyridine rings is 1. The van der Waals surface area contributed by atoms with E-state index in [-0.39, 0.29) is 0 Å². The highest BCUT2D eigenvalue weighted by Crippen LogP contribution is 2.25. The molecule has 2 N–H and O–H groups in total. The fourth-order valence-electron chi connectivity index (χ4n) is 2.54. The number of hydrogen-bond donors (Lipinski definition) is 2. The summed E-state index contributed by atoms with van der Waals surface area (Å²) in [5.74, 6) is 2.62. The van der Waals surface area contributed by atoms with Crippen molar-refractivity contribution < 1.29 is 4.74 Å². The number of H-pyrrole nitrogens is 1. The molecule has 2 aromatic heterocycles. The second-order valence-corrected chi connectivity index (χ2v) is 6.34. The molecule has 0 spiro atoms. The fraction of sp³-hybridized carbons (Fsp3) is 0.0500. The number of aromatic nitrogens is 4. The lowest BCUT2D eigenvalue weighted by atomic mass is 10.2. The Morgan fingerprint density at radius 1 is 1.00 bits per heavy atom. The van der Waals surface area contributed by atoms with Crippen molar-refractivity contribution in [2.45, 2.75) is 6.92 Å². The summed E-state index contributed by atoms with van der Waals surface area (Å²) in [6.45, 7) is 1.93. The summed E-state index contributed by atoms with van der Waals surface area (Å²) in [6.07, 6.45) is 1.72. The molecule has 0 radical (unpaired) electrons. The van der Waals surface area contributed by atoms with E-state index >= 15 is 0 Å². The smallest absolute Gasteiger partial charge is 0.246 e. The molecular formula is C20H16ClN5O. The number of ether oxygens (including phenoxy) is 1. The summed E-state index contributed by atoms with van der Waals surface area (Å²) in [4.78, 5) is 8.62. The molecular weight excluding hydrogens is 362 g/mol. The summed E-state index contributed by atoms with van der Waals surface area (Å²) in [5, 5.41) is 10.9. The fourth-order valence-corrected chi connectivity index (χ4v) is 2.73. The Morgan fingerprint density at radius 3 is 2.63 bits per heavy atom. The molecule has 27 heavy (non-hydrogen) atoms. The Hall–Kier alpha value is -3.38. The van der Waals surface area contributed by atoms with Crippen LogP contribution in [0.3, 0.4) is 0 Å². The number of anilines is 2. The maximum atomic E-state index is 5.99. The number of benzene rings is 2. The highest BCUT2D eigenvalue weighted by Gasteiger charge is 2.07. The minimum atomic E-state index is 0.472. The average molecular weight is 378 g/mol. The molecule has 2 heterocycles. The van der Waals surface area contributed by atoms with Crippen LogP contribution in [0.25, 0.3) is 11.4 Å². The summed E-state index contributed by atoms with van der Waals surface area (Å²) >= 11 is 5.99. The molecule has 7 heteroatoms. The van der Waals surface area contributed by atoms with Crippen molar-refractivity contribution in [2.75, 3.05) is 5.32 Å². The van der Waals surface area contributed by atoms with E-state index in [9.17, 15) is 0 Å². The van der Waals surface area contributed by atoms with Gasteiger partial charge >= 0.3 is 0 Å². The number of hydrogen-bond acceptors (Lipinski definition) is 5. The highest BCUT2D eigenvalue weighted by atomic mass is 35.5. The molecule has 0 fully saturated rings. The number of nitrogens with zero attached hydrogens (tertiary/aromatic N) is 3. The van der Waals surface area contributed by atoms with Crippen LogP contribution in [0.15, 0.2) is 66.9 Å². The first kappa shape index (κ1) is 17.1. The van der Waals surface area contributed by atoms with Crippen molar-refractivity contribution in [1.82, 2.24) is 20.2 Å². The van der Waals surface area contributed by atoms with Crippen LogP contribution >= 0.6 is 11.6 Å². The van der Waals surface area contributed by atoms with Gasteiger partial charge in [-0.3, -0.25) is 10.1 Å². The molecule has 0 aliphatic rings. The third-order valence-corrected chi connectivity index (χ3v) is 4.03. The number of aryl methyl sites for hydroxylation is 1. The van der Waals surface area contributed by atoms with Crippen LogP contribution in [0.1, 0.15) is 5.69 Å². The van der Waals surface area contributed by atoms with E-state index in [2.05, 4.69) is 25.5 Å².